The second-order valence-electron chi connectivity index (χ2n) is 7.60. The molecule has 0 aliphatic carbocycles. The molecule has 1 amide bonds. The average molecular weight is 370 g/mol. The molecule has 1 unspecified atom stereocenters. The first-order chi connectivity index (χ1) is 13.1. The van der Waals surface area contributed by atoms with E-state index in [4.69, 9.17) is 4.74 Å². The molecule has 0 bridgehead atoms. The van der Waals surface area contributed by atoms with Gasteiger partial charge in [-0.3, -0.25) is 9.59 Å². The number of aromatic nitrogens is 1. The highest BCUT2D eigenvalue weighted by atomic mass is 16.5. The number of carbonyl (C=O) groups excluding carboxylic acids is 1. The fourth-order valence-corrected chi connectivity index (χ4v) is 4.53. The number of carbonyl (C=O) groups is 2. The van der Waals surface area contributed by atoms with Crippen LogP contribution in [0.15, 0.2) is 36.5 Å². The predicted octanol–water partition coefficient (Wildman–Crippen LogP) is 2.76. The highest BCUT2D eigenvalue weighted by Crippen LogP contribution is 2.33. The summed E-state index contributed by atoms with van der Waals surface area (Å²) >= 11 is 0. The van der Waals surface area contributed by atoms with Gasteiger partial charge in [0.05, 0.1) is 12.0 Å². The van der Waals surface area contributed by atoms with Gasteiger partial charge >= 0.3 is 5.97 Å². The van der Waals surface area contributed by atoms with Crippen molar-refractivity contribution in [3.05, 3.63) is 36.5 Å². The second-order valence-corrected chi connectivity index (χ2v) is 7.60. The number of ether oxygens (including phenoxy) is 1. The average Bonchev–Trinajstić information content (AvgIpc) is 3.33. The lowest BCUT2D eigenvalue weighted by atomic mass is 9.84. The number of benzene rings is 1. The number of fused-ring (bicyclic) bond motifs is 1. The Morgan fingerprint density at radius 3 is 2.67 bits per heavy atom. The van der Waals surface area contributed by atoms with Gasteiger partial charge in [-0.05, 0) is 42.7 Å². The van der Waals surface area contributed by atoms with Crippen molar-refractivity contribution in [3.63, 3.8) is 0 Å². The summed E-state index contributed by atoms with van der Waals surface area (Å²) in [4.78, 5) is 25.9. The number of hydrogen-bond donors (Lipinski definition) is 1. The van der Waals surface area contributed by atoms with Crippen LogP contribution in [0.25, 0.3) is 10.9 Å². The van der Waals surface area contributed by atoms with Crippen LogP contribution in [0.5, 0.6) is 0 Å². The minimum atomic E-state index is -0.755. The van der Waals surface area contributed by atoms with Crippen molar-refractivity contribution in [2.24, 2.45) is 11.8 Å². The summed E-state index contributed by atoms with van der Waals surface area (Å²) in [5, 5.41) is 10.5. The van der Waals surface area contributed by atoms with Gasteiger partial charge in [0.15, 0.2) is 0 Å². The maximum Gasteiger partial charge on any atom is 0.309 e. The Kier molecular flexibility index (Phi) is 5.16. The van der Waals surface area contributed by atoms with E-state index in [1.54, 1.807) is 0 Å². The van der Waals surface area contributed by atoms with Crippen molar-refractivity contribution < 1.29 is 19.4 Å². The Morgan fingerprint density at radius 1 is 1.11 bits per heavy atom. The van der Waals surface area contributed by atoms with Crippen LogP contribution in [0.1, 0.15) is 25.7 Å². The van der Waals surface area contributed by atoms with Crippen LogP contribution in [0.2, 0.25) is 0 Å². The van der Waals surface area contributed by atoms with Crippen LogP contribution >= 0.6 is 0 Å². The van der Waals surface area contributed by atoms with Gasteiger partial charge in [-0.2, -0.15) is 0 Å². The number of nitrogens with zero attached hydrogens (tertiary/aromatic N) is 2. The maximum absolute atomic E-state index is 12.6. The molecule has 1 N–H and O–H groups in total. The SMILES string of the molecule is O=C(O)C1CCO[C@H]1C1CCN(C(=O)CCn2ccc3ccccc32)CC1. The normalized spacial score (nSPS) is 23.8. The van der Waals surface area contributed by atoms with E-state index in [9.17, 15) is 14.7 Å². The molecule has 2 saturated heterocycles. The summed E-state index contributed by atoms with van der Waals surface area (Å²) in [6.45, 7) is 2.61. The molecule has 2 atom stereocenters. The van der Waals surface area contributed by atoms with Crippen LogP contribution in [0.3, 0.4) is 0 Å². The molecule has 2 fully saturated rings. The molecule has 6 heteroatoms. The lowest BCUT2D eigenvalue weighted by molar-refractivity contribution is -0.146. The van der Waals surface area contributed by atoms with Gasteiger partial charge in [0, 0.05) is 44.4 Å². The van der Waals surface area contributed by atoms with Gasteiger partial charge in [-0.25, -0.2) is 0 Å². The number of amides is 1. The number of para-hydroxylation sites is 1. The molecule has 3 heterocycles. The summed E-state index contributed by atoms with van der Waals surface area (Å²) in [5.74, 6) is -0.728. The van der Waals surface area contributed by atoms with Crippen LogP contribution in [-0.2, 0) is 20.9 Å². The molecule has 1 aromatic carbocycles. The maximum atomic E-state index is 12.6. The van der Waals surface area contributed by atoms with Gasteiger partial charge in [-0.15, -0.1) is 0 Å². The van der Waals surface area contributed by atoms with Gasteiger partial charge < -0.3 is 19.3 Å². The minimum absolute atomic E-state index is 0.174. The third-order valence-corrected chi connectivity index (χ3v) is 6.06. The summed E-state index contributed by atoms with van der Waals surface area (Å²) in [7, 11) is 0. The Morgan fingerprint density at radius 2 is 1.89 bits per heavy atom. The molecule has 27 heavy (non-hydrogen) atoms. The Hall–Kier alpha value is -2.34. The molecule has 4 rings (SSSR count). The van der Waals surface area contributed by atoms with E-state index in [0.717, 1.165) is 18.4 Å². The van der Waals surface area contributed by atoms with Crippen molar-refractivity contribution >= 4 is 22.8 Å². The molecular formula is C21H26N2O4. The fraction of sp³-hybridized carbons (Fsp3) is 0.524. The Balaban J connectivity index is 1.29. The van der Waals surface area contributed by atoms with E-state index in [1.807, 2.05) is 23.2 Å². The number of carboxylic acids is 1. The molecule has 0 saturated carbocycles. The third kappa shape index (κ3) is 3.72. The number of likely N-dealkylation sites (tertiary alicyclic amines) is 1. The zero-order valence-corrected chi connectivity index (χ0v) is 15.4. The summed E-state index contributed by atoms with van der Waals surface area (Å²) in [6.07, 6.45) is 4.59. The van der Waals surface area contributed by atoms with E-state index in [2.05, 4.69) is 22.8 Å². The molecule has 0 spiro atoms. The van der Waals surface area contributed by atoms with Crippen molar-refractivity contribution in [1.82, 2.24) is 9.47 Å². The zero-order chi connectivity index (χ0) is 18.8. The zero-order valence-electron chi connectivity index (χ0n) is 15.4. The van der Waals surface area contributed by atoms with Crippen LogP contribution in [-0.4, -0.2) is 52.3 Å². The van der Waals surface area contributed by atoms with Crippen LogP contribution < -0.4 is 0 Å². The number of aryl methyl sites for hydroxylation is 1. The van der Waals surface area contributed by atoms with Crippen molar-refractivity contribution in [3.8, 4) is 0 Å². The first kappa shape index (κ1) is 18.0. The van der Waals surface area contributed by atoms with E-state index in [0.29, 0.717) is 39.1 Å². The number of aliphatic carboxylic acids is 1. The molecule has 144 valence electrons. The molecule has 6 nitrogen and oxygen atoms in total. The largest absolute Gasteiger partial charge is 0.481 e. The first-order valence-electron chi connectivity index (χ1n) is 9.79. The van der Waals surface area contributed by atoms with Crippen LogP contribution in [0, 0.1) is 11.8 Å². The topological polar surface area (TPSA) is 71.8 Å². The molecule has 1 aromatic heterocycles. The number of rotatable bonds is 5. The fourth-order valence-electron chi connectivity index (χ4n) is 4.53. The summed E-state index contributed by atoms with van der Waals surface area (Å²) < 4.78 is 7.84. The van der Waals surface area contributed by atoms with Crippen molar-refractivity contribution in [2.45, 2.75) is 38.3 Å². The predicted molar refractivity (Wildman–Crippen MR) is 101 cm³/mol. The second kappa shape index (κ2) is 7.72. The van der Waals surface area contributed by atoms with Gasteiger partial charge in [0.25, 0.3) is 0 Å². The Bertz CT molecular complexity index is 822. The quantitative estimate of drug-likeness (QED) is 0.878. The molecular weight excluding hydrogens is 344 g/mol. The van der Waals surface area contributed by atoms with E-state index in [-0.39, 0.29) is 23.8 Å². The molecule has 2 aromatic rings. The lowest BCUT2D eigenvalue weighted by Gasteiger charge is -2.35. The summed E-state index contributed by atoms with van der Waals surface area (Å²) in [6, 6.07) is 10.3. The van der Waals surface area contributed by atoms with Gasteiger partial charge in [0.1, 0.15) is 0 Å². The van der Waals surface area contributed by atoms with Crippen LogP contribution in [0.4, 0.5) is 0 Å². The van der Waals surface area contributed by atoms with Crippen molar-refractivity contribution in [1.29, 1.82) is 0 Å². The number of hydrogen-bond acceptors (Lipinski definition) is 3. The Labute approximate surface area is 158 Å². The third-order valence-electron chi connectivity index (χ3n) is 6.06. The monoisotopic (exact) mass is 370 g/mol. The number of piperidine rings is 1. The first-order valence-corrected chi connectivity index (χ1v) is 9.79. The standard InChI is InChI=1S/C21H26N2O4/c24-19(8-13-22-10-5-15-3-1-2-4-18(15)22)23-11-6-16(7-12-23)20-17(21(25)26)9-14-27-20/h1-5,10,16-17,20H,6-9,11-14H2,(H,25,26)/t17?,20-/m0/s1. The molecule has 2 aliphatic heterocycles. The van der Waals surface area contributed by atoms with E-state index < -0.39 is 5.97 Å². The van der Waals surface area contributed by atoms with Crippen molar-refractivity contribution in [2.75, 3.05) is 19.7 Å². The van der Waals surface area contributed by atoms with E-state index >= 15 is 0 Å². The number of carboxylic acid groups (broad SMARTS) is 1. The van der Waals surface area contributed by atoms with Gasteiger partial charge in [-0.1, -0.05) is 18.2 Å². The van der Waals surface area contributed by atoms with E-state index in [1.165, 1.54) is 5.39 Å². The van der Waals surface area contributed by atoms with Gasteiger partial charge in [0.2, 0.25) is 5.91 Å². The highest BCUT2D eigenvalue weighted by molar-refractivity contribution is 5.80. The summed E-state index contributed by atoms with van der Waals surface area (Å²) in [5.41, 5.74) is 1.15. The highest BCUT2D eigenvalue weighted by Gasteiger charge is 2.40. The molecule has 0 radical (unpaired) electrons. The minimum Gasteiger partial charge on any atom is -0.481 e. The smallest absolute Gasteiger partial charge is 0.309 e. The lowest BCUT2D eigenvalue weighted by Crippen LogP contribution is -2.43. The molecule has 2 aliphatic rings.